The standard InChI is InChI=1S/C16H15N3O2S/c20-15(17-6-5-12-8-22-9-18-12)11-3-4-13-14(7-11)21-16(19-13)10-1-2-10/h3-4,7-10H,1-2,5-6H2,(H,17,20). The van der Waals surface area contributed by atoms with E-state index in [2.05, 4.69) is 15.3 Å². The van der Waals surface area contributed by atoms with Crippen LogP contribution in [0.4, 0.5) is 0 Å². The SMILES string of the molecule is O=C(NCCc1cscn1)c1ccc2nc(C3CC3)oc2c1. The molecule has 2 heterocycles. The van der Waals surface area contributed by atoms with Crippen LogP contribution in [-0.4, -0.2) is 22.4 Å². The molecule has 3 aromatic rings. The molecule has 0 unspecified atom stereocenters. The Morgan fingerprint density at radius 3 is 3.09 bits per heavy atom. The molecule has 1 amide bonds. The van der Waals surface area contributed by atoms with Gasteiger partial charge in [0, 0.05) is 29.8 Å². The molecule has 22 heavy (non-hydrogen) atoms. The molecule has 1 saturated carbocycles. The third-order valence-electron chi connectivity index (χ3n) is 3.74. The zero-order valence-electron chi connectivity index (χ0n) is 11.9. The van der Waals surface area contributed by atoms with Gasteiger partial charge in [0.05, 0.1) is 11.2 Å². The van der Waals surface area contributed by atoms with E-state index in [1.807, 2.05) is 11.4 Å². The largest absolute Gasteiger partial charge is 0.440 e. The number of fused-ring (bicyclic) bond motifs is 1. The van der Waals surface area contributed by atoms with Crippen molar-refractivity contribution in [2.24, 2.45) is 0 Å². The van der Waals surface area contributed by atoms with Crippen molar-refractivity contribution in [1.29, 1.82) is 0 Å². The lowest BCUT2D eigenvalue weighted by molar-refractivity contribution is 0.0954. The van der Waals surface area contributed by atoms with Crippen LogP contribution in [0.5, 0.6) is 0 Å². The predicted molar refractivity (Wildman–Crippen MR) is 84.1 cm³/mol. The third-order valence-corrected chi connectivity index (χ3v) is 4.38. The Hall–Kier alpha value is -2.21. The first-order chi connectivity index (χ1) is 10.8. The van der Waals surface area contributed by atoms with Gasteiger partial charge in [0.15, 0.2) is 11.5 Å². The van der Waals surface area contributed by atoms with Crippen molar-refractivity contribution >= 4 is 28.3 Å². The number of carbonyl (C=O) groups is 1. The van der Waals surface area contributed by atoms with Gasteiger partial charge in [-0.15, -0.1) is 11.3 Å². The van der Waals surface area contributed by atoms with Crippen LogP contribution in [-0.2, 0) is 6.42 Å². The first-order valence-electron chi connectivity index (χ1n) is 7.35. The van der Waals surface area contributed by atoms with Crippen molar-refractivity contribution in [3.8, 4) is 0 Å². The lowest BCUT2D eigenvalue weighted by Gasteiger charge is -2.03. The molecule has 6 heteroatoms. The van der Waals surface area contributed by atoms with Gasteiger partial charge in [-0.25, -0.2) is 9.97 Å². The number of rotatable bonds is 5. The molecule has 0 aliphatic heterocycles. The molecular formula is C16H15N3O2S. The van der Waals surface area contributed by atoms with Gasteiger partial charge < -0.3 is 9.73 Å². The van der Waals surface area contributed by atoms with E-state index in [0.717, 1.165) is 36.4 Å². The Kier molecular flexibility index (Phi) is 3.38. The normalized spacial score (nSPS) is 14.4. The summed E-state index contributed by atoms with van der Waals surface area (Å²) < 4.78 is 5.75. The summed E-state index contributed by atoms with van der Waals surface area (Å²) in [5.74, 6) is 1.18. The van der Waals surface area contributed by atoms with Crippen LogP contribution in [0.3, 0.4) is 0 Å². The van der Waals surface area contributed by atoms with Gasteiger partial charge in [-0.1, -0.05) is 0 Å². The molecule has 112 valence electrons. The molecular weight excluding hydrogens is 298 g/mol. The number of hydrogen-bond acceptors (Lipinski definition) is 5. The summed E-state index contributed by atoms with van der Waals surface area (Å²) in [7, 11) is 0. The molecule has 5 nitrogen and oxygen atoms in total. The maximum atomic E-state index is 12.2. The van der Waals surface area contributed by atoms with Gasteiger partial charge in [0.1, 0.15) is 5.52 Å². The number of carbonyl (C=O) groups excluding carboxylic acids is 1. The number of nitrogens with one attached hydrogen (secondary N) is 1. The fourth-order valence-electron chi connectivity index (χ4n) is 2.36. The van der Waals surface area contributed by atoms with E-state index in [-0.39, 0.29) is 5.91 Å². The minimum Gasteiger partial charge on any atom is -0.440 e. The first kappa shape index (κ1) is 13.5. The highest BCUT2D eigenvalue weighted by Crippen LogP contribution is 2.40. The van der Waals surface area contributed by atoms with Gasteiger partial charge in [0.2, 0.25) is 0 Å². The van der Waals surface area contributed by atoms with Crippen LogP contribution in [0.1, 0.15) is 40.7 Å². The van der Waals surface area contributed by atoms with Gasteiger partial charge in [-0.05, 0) is 31.0 Å². The Morgan fingerprint density at radius 2 is 2.32 bits per heavy atom. The maximum absolute atomic E-state index is 12.2. The van der Waals surface area contributed by atoms with E-state index in [1.165, 1.54) is 0 Å². The minimum atomic E-state index is -0.0958. The maximum Gasteiger partial charge on any atom is 0.251 e. The monoisotopic (exact) mass is 313 g/mol. The average Bonchev–Trinajstić information content (AvgIpc) is 3.09. The number of oxazole rings is 1. The number of benzene rings is 1. The first-order valence-corrected chi connectivity index (χ1v) is 8.29. The Bertz CT molecular complexity index is 806. The molecule has 0 spiro atoms. The fourth-order valence-corrected chi connectivity index (χ4v) is 2.95. The average molecular weight is 313 g/mol. The van der Waals surface area contributed by atoms with Crippen LogP contribution in [0.15, 0.2) is 33.5 Å². The summed E-state index contributed by atoms with van der Waals surface area (Å²) in [4.78, 5) is 20.8. The van der Waals surface area contributed by atoms with E-state index in [9.17, 15) is 4.79 Å². The minimum absolute atomic E-state index is 0.0958. The molecule has 1 aliphatic rings. The Morgan fingerprint density at radius 1 is 1.41 bits per heavy atom. The predicted octanol–water partition coefficient (Wildman–Crippen LogP) is 3.13. The molecule has 4 rings (SSSR count). The van der Waals surface area contributed by atoms with Crippen molar-refractivity contribution in [3.05, 3.63) is 46.2 Å². The second-order valence-electron chi connectivity index (χ2n) is 5.49. The molecule has 0 bridgehead atoms. The van der Waals surface area contributed by atoms with E-state index < -0.39 is 0 Å². The Balaban J connectivity index is 1.44. The molecule has 1 aliphatic carbocycles. The van der Waals surface area contributed by atoms with E-state index in [4.69, 9.17) is 4.42 Å². The van der Waals surface area contributed by atoms with Crippen molar-refractivity contribution in [2.45, 2.75) is 25.2 Å². The van der Waals surface area contributed by atoms with Crippen LogP contribution in [0, 0.1) is 0 Å². The smallest absolute Gasteiger partial charge is 0.251 e. The fraction of sp³-hybridized carbons (Fsp3) is 0.312. The zero-order chi connectivity index (χ0) is 14.9. The van der Waals surface area contributed by atoms with Crippen LogP contribution in [0.2, 0.25) is 0 Å². The van der Waals surface area contributed by atoms with Gasteiger partial charge in [0.25, 0.3) is 5.91 Å². The highest BCUT2D eigenvalue weighted by Gasteiger charge is 2.29. The summed E-state index contributed by atoms with van der Waals surface area (Å²) in [6.45, 7) is 0.574. The Labute approximate surface area is 131 Å². The van der Waals surface area contributed by atoms with Crippen molar-refractivity contribution < 1.29 is 9.21 Å². The van der Waals surface area contributed by atoms with E-state index >= 15 is 0 Å². The molecule has 1 N–H and O–H groups in total. The number of amides is 1. The van der Waals surface area contributed by atoms with Gasteiger partial charge >= 0.3 is 0 Å². The zero-order valence-corrected chi connectivity index (χ0v) is 12.7. The molecule has 1 aromatic carbocycles. The number of hydrogen-bond donors (Lipinski definition) is 1. The summed E-state index contributed by atoms with van der Waals surface area (Å²) in [6, 6.07) is 5.41. The molecule has 0 saturated heterocycles. The molecule has 0 atom stereocenters. The highest BCUT2D eigenvalue weighted by molar-refractivity contribution is 7.07. The third kappa shape index (κ3) is 2.74. The van der Waals surface area contributed by atoms with Gasteiger partial charge in [-0.3, -0.25) is 4.79 Å². The summed E-state index contributed by atoms with van der Waals surface area (Å²) >= 11 is 1.56. The van der Waals surface area contributed by atoms with Crippen LogP contribution in [0.25, 0.3) is 11.1 Å². The summed E-state index contributed by atoms with van der Waals surface area (Å²) in [5, 5.41) is 4.90. The molecule has 2 aromatic heterocycles. The topological polar surface area (TPSA) is 68.0 Å². The lowest BCUT2D eigenvalue weighted by atomic mass is 10.2. The number of thiazole rings is 1. The summed E-state index contributed by atoms with van der Waals surface area (Å²) in [5.41, 5.74) is 4.91. The van der Waals surface area contributed by atoms with E-state index in [1.54, 1.807) is 29.0 Å². The van der Waals surface area contributed by atoms with Gasteiger partial charge in [-0.2, -0.15) is 0 Å². The molecule has 1 fully saturated rings. The van der Waals surface area contributed by atoms with Crippen LogP contribution < -0.4 is 5.32 Å². The van der Waals surface area contributed by atoms with Crippen molar-refractivity contribution in [2.75, 3.05) is 6.54 Å². The lowest BCUT2D eigenvalue weighted by Crippen LogP contribution is -2.25. The second-order valence-corrected chi connectivity index (χ2v) is 6.21. The van der Waals surface area contributed by atoms with Crippen molar-refractivity contribution in [1.82, 2.24) is 15.3 Å². The van der Waals surface area contributed by atoms with Crippen LogP contribution >= 0.6 is 11.3 Å². The van der Waals surface area contributed by atoms with Crippen molar-refractivity contribution in [3.63, 3.8) is 0 Å². The highest BCUT2D eigenvalue weighted by atomic mass is 32.1. The number of aromatic nitrogens is 2. The quantitative estimate of drug-likeness (QED) is 0.786. The van der Waals surface area contributed by atoms with E-state index in [0.29, 0.717) is 23.6 Å². The second kappa shape index (κ2) is 5.53. The number of nitrogens with zero attached hydrogens (tertiary/aromatic N) is 2. The molecule has 0 radical (unpaired) electrons. The summed E-state index contributed by atoms with van der Waals surface area (Å²) in [6.07, 6.45) is 3.04.